The summed E-state index contributed by atoms with van der Waals surface area (Å²) >= 11 is 1.93. The molecule has 0 bridgehead atoms. The number of esters is 1. The highest BCUT2D eigenvalue weighted by Gasteiger charge is 2.38. The molecule has 0 saturated carbocycles. The van der Waals surface area contributed by atoms with Gasteiger partial charge in [-0.1, -0.05) is 24.3 Å². The van der Waals surface area contributed by atoms with E-state index in [4.69, 9.17) is 23.7 Å². The maximum atomic E-state index is 14.4. The molecule has 2 rings (SSSR count). The van der Waals surface area contributed by atoms with Crippen LogP contribution in [0.25, 0.3) is 10.9 Å². The predicted octanol–water partition coefficient (Wildman–Crippen LogP) is 8.03. The summed E-state index contributed by atoms with van der Waals surface area (Å²) in [5.41, 5.74) is -4.44. The van der Waals surface area contributed by atoms with Gasteiger partial charge in [-0.2, -0.15) is 4.90 Å². The van der Waals surface area contributed by atoms with Crippen LogP contribution in [0, 0.1) is 3.57 Å². The lowest BCUT2D eigenvalue weighted by Crippen LogP contribution is -2.45. The first-order valence-corrected chi connectivity index (χ1v) is 16.9. The number of fused-ring (bicyclic) bond motifs is 1. The molecule has 0 radical (unpaired) electrons. The third kappa shape index (κ3) is 11.7. The minimum atomic E-state index is -1.22. The van der Waals surface area contributed by atoms with E-state index in [1.807, 2.05) is 22.6 Å². The second-order valence-corrected chi connectivity index (χ2v) is 16.2. The topological polar surface area (TPSA) is 160 Å². The van der Waals surface area contributed by atoms with Gasteiger partial charge in [0.1, 0.15) is 33.8 Å². The van der Waals surface area contributed by atoms with Crippen LogP contribution in [-0.4, -0.2) is 86.7 Å². The highest BCUT2D eigenvalue weighted by atomic mass is 127. The molecule has 0 atom stereocenters. The summed E-state index contributed by atoms with van der Waals surface area (Å²) in [6.07, 6.45) is -3.50. The van der Waals surface area contributed by atoms with Crippen LogP contribution in [0.1, 0.15) is 100.0 Å². The first kappa shape index (κ1) is 42.0. The lowest BCUT2D eigenvalue weighted by molar-refractivity contribution is -0.138. The third-order valence-corrected chi connectivity index (χ3v) is 7.02. The maximum Gasteiger partial charge on any atom is 0.424 e. The molecular formula is C35H48IN3O11. The summed E-state index contributed by atoms with van der Waals surface area (Å²) in [6.45, 7) is 18.9. The molecule has 0 aliphatic carbocycles. The fourth-order valence-corrected chi connectivity index (χ4v) is 5.12. The van der Waals surface area contributed by atoms with Gasteiger partial charge in [0.25, 0.3) is 5.91 Å². The zero-order chi connectivity index (χ0) is 38.6. The van der Waals surface area contributed by atoms with Gasteiger partial charge in [-0.05, 0) is 118 Å². The molecule has 1 aromatic carbocycles. The number of hydrogen-bond donors (Lipinski definition) is 0. The number of benzene rings is 1. The highest BCUT2D eigenvalue weighted by molar-refractivity contribution is 14.1. The van der Waals surface area contributed by atoms with Gasteiger partial charge in [0, 0.05) is 11.9 Å². The summed E-state index contributed by atoms with van der Waals surface area (Å²) in [7, 11) is 1.05. The molecule has 2 aromatic rings. The molecular weight excluding hydrogens is 765 g/mol. The third-order valence-electron chi connectivity index (χ3n) is 5.93. The Bertz CT molecular complexity index is 1640. The van der Waals surface area contributed by atoms with Crippen LogP contribution in [0.5, 0.6) is 0 Å². The van der Waals surface area contributed by atoms with Gasteiger partial charge >= 0.3 is 30.3 Å². The smallest absolute Gasteiger partial charge is 0.424 e. The van der Waals surface area contributed by atoms with Gasteiger partial charge in [-0.3, -0.25) is 4.79 Å². The monoisotopic (exact) mass is 813 g/mol. The van der Waals surface area contributed by atoms with Crippen LogP contribution in [0.2, 0.25) is 0 Å². The van der Waals surface area contributed by atoms with Crippen LogP contribution >= 0.6 is 22.6 Å². The van der Waals surface area contributed by atoms with Crippen LogP contribution in [-0.2, 0) is 28.5 Å². The quantitative estimate of drug-likeness (QED) is 0.120. The molecule has 4 amide bonds. The van der Waals surface area contributed by atoms with E-state index < -0.39 is 70.9 Å². The van der Waals surface area contributed by atoms with Crippen molar-refractivity contribution >= 4 is 69.7 Å². The molecule has 1 heterocycles. The van der Waals surface area contributed by atoms with E-state index in [0.29, 0.717) is 19.4 Å². The molecule has 0 aliphatic heterocycles. The number of carbonyl (C=O) groups is 6. The fourth-order valence-electron chi connectivity index (χ4n) is 4.19. The zero-order valence-electron chi connectivity index (χ0n) is 31.0. The standard InChI is InChI=1S/C35H48IN3O11/c1-32(2,3)47-28(42)37(26(40)25-24(36)21-17-14-15-18-22(21)38(25)29(43)48-33(4,5)6)20-16-19-23(27(41)46-13)39(30(44)49-34(7,8)9)31(45)50-35(10,11)12/h14-15,17-19H,16,20H2,1-13H3/b23-19-. The van der Waals surface area contributed by atoms with Crippen molar-refractivity contribution in [1.29, 1.82) is 0 Å². The van der Waals surface area contributed by atoms with Crippen molar-refractivity contribution in [1.82, 2.24) is 14.4 Å². The van der Waals surface area contributed by atoms with E-state index in [0.717, 1.165) is 22.7 Å². The molecule has 50 heavy (non-hydrogen) atoms. The van der Waals surface area contributed by atoms with Crippen LogP contribution in [0.3, 0.4) is 0 Å². The number of carbonyl (C=O) groups excluding carboxylic acids is 6. The number of halogens is 1. The molecule has 0 N–H and O–H groups in total. The van der Waals surface area contributed by atoms with Crippen molar-refractivity contribution < 1.29 is 52.5 Å². The minimum absolute atomic E-state index is 0.159. The van der Waals surface area contributed by atoms with Crippen molar-refractivity contribution in [2.24, 2.45) is 0 Å². The number of nitrogens with zero attached hydrogens (tertiary/aromatic N) is 3. The second-order valence-electron chi connectivity index (χ2n) is 15.1. The minimum Gasteiger partial charge on any atom is -0.464 e. The Labute approximate surface area is 306 Å². The second kappa shape index (κ2) is 15.8. The lowest BCUT2D eigenvalue weighted by Gasteiger charge is -2.29. The average Bonchev–Trinajstić information content (AvgIpc) is 3.22. The van der Waals surface area contributed by atoms with E-state index in [2.05, 4.69) is 0 Å². The zero-order valence-corrected chi connectivity index (χ0v) is 33.2. The molecule has 0 unspecified atom stereocenters. The Morgan fingerprint density at radius 2 is 1.18 bits per heavy atom. The number of ether oxygens (including phenoxy) is 5. The molecule has 0 fully saturated rings. The number of rotatable bonds is 6. The number of amides is 4. The summed E-state index contributed by atoms with van der Waals surface area (Å²) < 4.78 is 28.3. The number of methoxy groups -OCH3 is 1. The van der Waals surface area contributed by atoms with Crippen LogP contribution in [0.15, 0.2) is 36.0 Å². The molecule has 0 saturated heterocycles. The van der Waals surface area contributed by atoms with Gasteiger partial charge in [-0.25, -0.2) is 33.4 Å². The Balaban J connectivity index is 2.73. The number of aromatic nitrogens is 1. The summed E-state index contributed by atoms with van der Waals surface area (Å²) in [5.74, 6) is -2.01. The van der Waals surface area contributed by atoms with Gasteiger partial charge in [0.2, 0.25) is 0 Å². The van der Waals surface area contributed by atoms with Gasteiger partial charge in [-0.15, -0.1) is 0 Å². The number of hydrogen-bond acceptors (Lipinski definition) is 11. The Morgan fingerprint density at radius 3 is 1.64 bits per heavy atom. The van der Waals surface area contributed by atoms with E-state index in [9.17, 15) is 28.8 Å². The largest absolute Gasteiger partial charge is 0.464 e. The van der Waals surface area contributed by atoms with E-state index in [1.165, 1.54) is 0 Å². The van der Waals surface area contributed by atoms with Gasteiger partial charge < -0.3 is 23.7 Å². The molecule has 276 valence electrons. The average molecular weight is 814 g/mol. The van der Waals surface area contributed by atoms with Gasteiger partial charge in [0.05, 0.1) is 16.2 Å². The van der Waals surface area contributed by atoms with E-state index >= 15 is 0 Å². The summed E-state index contributed by atoms with van der Waals surface area (Å²) in [6, 6.07) is 6.80. The number of para-hydroxylation sites is 1. The van der Waals surface area contributed by atoms with E-state index in [-0.39, 0.29) is 12.1 Å². The predicted molar refractivity (Wildman–Crippen MR) is 193 cm³/mol. The van der Waals surface area contributed by atoms with Crippen molar-refractivity contribution in [2.45, 2.75) is 112 Å². The SMILES string of the molecule is COC(=O)/C(=C/CCN(C(=O)OC(C)(C)C)C(=O)c1c(I)c2ccccc2n1C(=O)OC(C)(C)C)N(C(=O)OC(C)(C)C)C(=O)OC(C)(C)C. The fraction of sp³-hybridized carbons (Fsp3) is 0.543. The van der Waals surface area contributed by atoms with Gasteiger partial charge in [0.15, 0.2) is 0 Å². The Hall–Kier alpha value is -4.15. The maximum absolute atomic E-state index is 14.4. The van der Waals surface area contributed by atoms with Crippen molar-refractivity contribution in [3.63, 3.8) is 0 Å². The molecule has 0 spiro atoms. The van der Waals surface area contributed by atoms with Crippen molar-refractivity contribution in [2.75, 3.05) is 13.7 Å². The van der Waals surface area contributed by atoms with Crippen LogP contribution < -0.4 is 0 Å². The first-order chi connectivity index (χ1) is 22.7. The summed E-state index contributed by atoms with van der Waals surface area (Å²) in [4.78, 5) is 82.4. The molecule has 1 aromatic heterocycles. The van der Waals surface area contributed by atoms with E-state index in [1.54, 1.807) is 107 Å². The number of imide groups is 2. The Morgan fingerprint density at radius 1 is 0.720 bits per heavy atom. The molecule has 0 aliphatic rings. The lowest BCUT2D eigenvalue weighted by atomic mass is 10.2. The van der Waals surface area contributed by atoms with Crippen molar-refractivity contribution in [3.8, 4) is 0 Å². The normalized spacial score (nSPS) is 12.6. The van der Waals surface area contributed by atoms with Crippen LogP contribution in [0.4, 0.5) is 19.2 Å². The first-order valence-electron chi connectivity index (χ1n) is 15.8. The molecule has 14 nitrogen and oxygen atoms in total. The highest BCUT2D eigenvalue weighted by Crippen LogP contribution is 2.30. The molecule has 15 heteroatoms. The summed E-state index contributed by atoms with van der Waals surface area (Å²) in [5, 5.41) is 0.560. The van der Waals surface area contributed by atoms with Crippen molar-refractivity contribution in [3.05, 3.63) is 45.3 Å². The Kier molecular flexibility index (Phi) is 13.3.